The molecule has 0 aromatic rings. The van der Waals surface area contributed by atoms with Crippen molar-refractivity contribution in [3.05, 3.63) is 0 Å². The zero-order chi connectivity index (χ0) is 19.3. The second-order valence-electron chi connectivity index (χ2n) is 3.88. The number of alkyl halides is 13. The Balaban J connectivity index is 7.03. The van der Waals surface area contributed by atoms with Gasteiger partial charge in [0.25, 0.3) is 0 Å². The van der Waals surface area contributed by atoms with Crippen LogP contribution in [-0.2, 0) is 9.53 Å². The van der Waals surface area contributed by atoms with Gasteiger partial charge < -0.3 is 4.74 Å². The van der Waals surface area contributed by atoms with Crippen LogP contribution in [0, 0.1) is 0 Å². The Kier molecular flexibility index (Phi) is 4.96. The minimum Gasteiger partial charge on any atom is -0.464 e. The highest BCUT2D eigenvalue weighted by Crippen LogP contribution is 2.63. The average Bonchev–Trinajstić information content (AvgIpc) is 2.30. The molecule has 1 unspecified atom stereocenters. The van der Waals surface area contributed by atoms with Gasteiger partial charge in [0.05, 0.1) is 7.11 Å². The van der Waals surface area contributed by atoms with Gasteiger partial charge in [0.1, 0.15) is 0 Å². The molecule has 0 amide bonds. The van der Waals surface area contributed by atoms with Crippen molar-refractivity contribution in [1.29, 1.82) is 0 Å². The molecule has 0 aliphatic heterocycles. The number of halogens is 13. The van der Waals surface area contributed by atoms with Crippen molar-refractivity contribution < 1.29 is 66.6 Å². The zero-order valence-electron chi connectivity index (χ0n) is 10.2. The van der Waals surface area contributed by atoms with Crippen LogP contribution in [0.3, 0.4) is 0 Å². The molecule has 0 aromatic heterocycles. The fourth-order valence-electron chi connectivity index (χ4n) is 1.41. The molecule has 0 rings (SSSR count). The fourth-order valence-corrected chi connectivity index (χ4v) is 1.41. The molecule has 0 N–H and O–H groups in total. The summed E-state index contributed by atoms with van der Waals surface area (Å²) in [5.74, 6) is -11.0. The highest BCUT2D eigenvalue weighted by atomic mass is 19.4. The first kappa shape index (κ1) is 21.6. The smallest absolute Gasteiger partial charge is 0.435 e. The summed E-state index contributed by atoms with van der Waals surface area (Å²) in [5, 5.41) is 0. The van der Waals surface area contributed by atoms with Crippen LogP contribution in [0.5, 0.6) is 0 Å². The highest BCUT2D eigenvalue weighted by molar-refractivity contribution is 5.80. The fraction of sp³-hybridized carbons (Fsp3) is 0.875. The number of methoxy groups -OCH3 is 1. The van der Waals surface area contributed by atoms with Crippen molar-refractivity contribution in [2.75, 3.05) is 7.11 Å². The van der Waals surface area contributed by atoms with Crippen molar-refractivity contribution in [2.24, 2.45) is 0 Å². The molecule has 2 nitrogen and oxygen atoms in total. The third-order valence-corrected chi connectivity index (χ3v) is 2.52. The molecule has 0 saturated carbocycles. The van der Waals surface area contributed by atoms with Gasteiger partial charge in [-0.15, -0.1) is 0 Å². The monoisotopic (exact) mass is 378 g/mol. The Bertz CT molecular complexity index is 444. The lowest BCUT2D eigenvalue weighted by molar-refractivity contribution is -0.441. The van der Waals surface area contributed by atoms with Gasteiger partial charge in [0.2, 0.25) is 0 Å². The third-order valence-electron chi connectivity index (χ3n) is 2.52. The summed E-state index contributed by atoms with van der Waals surface area (Å²) >= 11 is 0. The maximum absolute atomic E-state index is 13.6. The van der Waals surface area contributed by atoms with E-state index in [1.807, 2.05) is 0 Å². The highest BCUT2D eigenvalue weighted by Gasteiger charge is 2.97. The summed E-state index contributed by atoms with van der Waals surface area (Å²) in [7, 11) is -0.200. The molecule has 15 heteroatoms. The number of carbonyl (C=O) groups is 1. The molecular formula is C8H3F13O2. The second-order valence-corrected chi connectivity index (χ2v) is 3.88. The van der Waals surface area contributed by atoms with Crippen LogP contribution in [-0.4, -0.2) is 48.9 Å². The molecule has 1 atom stereocenters. The van der Waals surface area contributed by atoms with Gasteiger partial charge in [-0.2, -0.15) is 48.3 Å². The summed E-state index contributed by atoms with van der Waals surface area (Å²) < 4.78 is 166. The van der Waals surface area contributed by atoms with Crippen molar-refractivity contribution in [3.8, 4) is 0 Å². The Labute approximate surface area is 117 Å². The molecule has 0 bridgehead atoms. The van der Waals surface area contributed by atoms with Crippen LogP contribution >= 0.6 is 0 Å². The molecule has 0 aliphatic rings. The molecule has 0 aliphatic carbocycles. The van der Waals surface area contributed by atoms with Gasteiger partial charge in [-0.3, -0.25) is 0 Å². The van der Waals surface area contributed by atoms with Crippen molar-refractivity contribution >= 4 is 5.97 Å². The summed E-state index contributed by atoms with van der Waals surface area (Å²) in [5.41, 5.74) is -16.2. The molecule has 0 radical (unpaired) electrons. The largest absolute Gasteiger partial charge is 0.464 e. The molecule has 0 heterocycles. The molecule has 0 aromatic carbocycles. The van der Waals surface area contributed by atoms with Crippen molar-refractivity contribution in [3.63, 3.8) is 0 Å². The topological polar surface area (TPSA) is 26.3 Å². The minimum absolute atomic E-state index is 0.200. The number of carbonyl (C=O) groups excluding carboxylic acids is 1. The molecule has 0 saturated heterocycles. The second kappa shape index (κ2) is 5.29. The lowest BCUT2D eigenvalue weighted by Gasteiger charge is -2.43. The maximum atomic E-state index is 13.6. The standard InChI is InChI=1S/C8H3F13O2/c1-23-2(22)3(9,10)4(11,6(13,14)15)5(12,7(16,17)18)8(19,20)21/h1H3. The summed E-state index contributed by atoms with van der Waals surface area (Å²) in [6.07, 6.45) is -23.5. The van der Waals surface area contributed by atoms with E-state index in [-0.39, 0.29) is 7.11 Å². The molecule has 0 fully saturated rings. The molecule has 138 valence electrons. The van der Waals surface area contributed by atoms with E-state index in [1.165, 1.54) is 0 Å². The van der Waals surface area contributed by atoms with Gasteiger partial charge in [-0.25, -0.2) is 13.6 Å². The first-order valence-corrected chi connectivity index (χ1v) is 4.77. The van der Waals surface area contributed by atoms with E-state index in [2.05, 4.69) is 4.74 Å². The summed E-state index contributed by atoms with van der Waals surface area (Å²) in [6, 6.07) is 0. The number of rotatable bonds is 3. The van der Waals surface area contributed by atoms with Crippen molar-refractivity contribution in [1.82, 2.24) is 0 Å². The Hall–Kier alpha value is -1.44. The minimum atomic E-state index is -8.16. The van der Waals surface area contributed by atoms with Crippen LogP contribution in [0.1, 0.15) is 0 Å². The normalized spacial score (nSPS) is 17.7. The van der Waals surface area contributed by atoms with E-state index in [0.29, 0.717) is 0 Å². The summed E-state index contributed by atoms with van der Waals surface area (Å²) in [6.45, 7) is 0. The number of ether oxygens (including phenoxy) is 1. The Morgan fingerprint density at radius 3 is 1.04 bits per heavy atom. The van der Waals surface area contributed by atoms with Crippen LogP contribution in [0.15, 0.2) is 0 Å². The Morgan fingerprint density at radius 2 is 0.870 bits per heavy atom. The van der Waals surface area contributed by atoms with Crippen LogP contribution in [0.2, 0.25) is 0 Å². The number of hydrogen-bond acceptors (Lipinski definition) is 2. The van der Waals surface area contributed by atoms with E-state index in [0.717, 1.165) is 0 Å². The van der Waals surface area contributed by atoms with E-state index >= 15 is 0 Å². The number of hydrogen-bond donors (Lipinski definition) is 0. The predicted octanol–water partition coefficient (Wildman–Crippen LogP) is 3.90. The van der Waals surface area contributed by atoms with Gasteiger partial charge in [-0.05, 0) is 0 Å². The third kappa shape index (κ3) is 2.66. The average molecular weight is 378 g/mol. The number of esters is 1. The summed E-state index contributed by atoms with van der Waals surface area (Å²) in [4.78, 5) is 10.4. The zero-order valence-corrected chi connectivity index (χ0v) is 10.2. The van der Waals surface area contributed by atoms with Gasteiger partial charge in [-0.1, -0.05) is 0 Å². The first-order chi connectivity index (χ1) is 9.73. The lowest BCUT2D eigenvalue weighted by Crippen LogP contribution is -2.78. The van der Waals surface area contributed by atoms with Gasteiger partial charge in [0, 0.05) is 0 Å². The van der Waals surface area contributed by atoms with E-state index in [4.69, 9.17) is 0 Å². The van der Waals surface area contributed by atoms with Gasteiger partial charge >= 0.3 is 41.8 Å². The van der Waals surface area contributed by atoms with E-state index in [9.17, 15) is 61.9 Å². The quantitative estimate of drug-likeness (QED) is 0.550. The predicted molar refractivity (Wildman–Crippen MR) is 42.8 cm³/mol. The van der Waals surface area contributed by atoms with E-state index in [1.54, 1.807) is 0 Å². The van der Waals surface area contributed by atoms with Crippen LogP contribution < -0.4 is 0 Å². The molecule has 0 spiro atoms. The lowest BCUT2D eigenvalue weighted by atomic mass is 9.78. The Morgan fingerprint density at radius 1 is 0.609 bits per heavy atom. The van der Waals surface area contributed by atoms with Crippen molar-refractivity contribution in [2.45, 2.75) is 35.8 Å². The SMILES string of the molecule is COC(=O)C(F)(F)C(F)(C(F)(F)F)C(F)(C(F)(F)F)C(F)(F)F. The van der Waals surface area contributed by atoms with Gasteiger partial charge in [0.15, 0.2) is 0 Å². The van der Waals surface area contributed by atoms with Crippen LogP contribution in [0.25, 0.3) is 0 Å². The molecule has 23 heavy (non-hydrogen) atoms. The van der Waals surface area contributed by atoms with E-state index < -0.39 is 41.8 Å². The molecular weight excluding hydrogens is 375 g/mol. The maximum Gasteiger partial charge on any atom is 0.435 e. The van der Waals surface area contributed by atoms with Crippen LogP contribution in [0.4, 0.5) is 57.1 Å². The first-order valence-electron chi connectivity index (χ1n) is 4.77.